The molecule has 0 aromatic heterocycles. The number of piperidine rings is 1. The Bertz CT molecular complexity index is 1040. The van der Waals surface area contributed by atoms with Crippen LogP contribution in [-0.2, 0) is 15.9 Å². The van der Waals surface area contributed by atoms with Crippen molar-refractivity contribution in [3.63, 3.8) is 0 Å². The highest BCUT2D eigenvalue weighted by atomic mass is 19.1. The molecule has 0 radical (unpaired) electrons. The van der Waals surface area contributed by atoms with Gasteiger partial charge in [0, 0.05) is 50.4 Å². The fourth-order valence-corrected chi connectivity index (χ4v) is 7.35. The van der Waals surface area contributed by atoms with Gasteiger partial charge in [-0.05, 0) is 72.9 Å². The molecule has 4 nitrogen and oxygen atoms in total. The quantitative estimate of drug-likeness (QED) is 0.370. The second-order valence-electron chi connectivity index (χ2n) is 11.1. The number of aryl methyl sites for hydroxylation is 1. The second-order valence-corrected chi connectivity index (χ2v) is 11.1. The third-order valence-corrected chi connectivity index (χ3v) is 9.24. The molecule has 0 bridgehead atoms. The molecule has 2 fully saturated rings. The van der Waals surface area contributed by atoms with E-state index < -0.39 is 11.6 Å². The summed E-state index contributed by atoms with van der Waals surface area (Å²) in [5, 5.41) is 0. The Morgan fingerprint density at radius 1 is 0.838 bits per heavy atom. The van der Waals surface area contributed by atoms with Gasteiger partial charge in [0.05, 0.1) is 7.11 Å². The van der Waals surface area contributed by atoms with Crippen LogP contribution < -0.4 is 9.64 Å². The molecule has 0 amide bonds. The summed E-state index contributed by atoms with van der Waals surface area (Å²) in [5.74, 6) is 0.760. The molecule has 2 aromatic carbocycles. The van der Waals surface area contributed by atoms with Crippen molar-refractivity contribution < 1.29 is 23.0 Å². The molecule has 1 aliphatic heterocycles. The Kier molecular flexibility index (Phi) is 8.35. The average molecular weight is 514 g/mol. The summed E-state index contributed by atoms with van der Waals surface area (Å²) in [7, 11) is 4.98. The SMILES string of the molecule is COc1ccc2c(c1)CC[C@@H](C1CCCCC1)[C@H]2c1c(F)cc(N2CCC(C(OC)OC)CC2)cc1F. The van der Waals surface area contributed by atoms with Crippen molar-refractivity contribution in [1.82, 2.24) is 0 Å². The van der Waals surface area contributed by atoms with Gasteiger partial charge in [0.15, 0.2) is 6.29 Å². The Morgan fingerprint density at radius 2 is 1.51 bits per heavy atom. The minimum Gasteiger partial charge on any atom is -0.497 e. The lowest BCUT2D eigenvalue weighted by Crippen LogP contribution is -2.39. The van der Waals surface area contributed by atoms with Gasteiger partial charge in [-0.2, -0.15) is 0 Å². The molecule has 202 valence electrons. The summed E-state index contributed by atoms with van der Waals surface area (Å²) < 4.78 is 48.4. The number of methoxy groups -OCH3 is 3. The maximum atomic E-state index is 16.0. The number of hydrogen-bond donors (Lipinski definition) is 0. The normalized spacial score (nSPS) is 23.4. The highest BCUT2D eigenvalue weighted by Gasteiger charge is 2.39. The van der Waals surface area contributed by atoms with Gasteiger partial charge in [-0.3, -0.25) is 0 Å². The highest BCUT2D eigenvalue weighted by molar-refractivity contribution is 5.53. The van der Waals surface area contributed by atoms with Crippen molar-refractivity contribution in [2.45, 2.75) is 70.0 Å². The van der Waals surface area contributed by atoms with Gasteiger partial charge >= 0.3 is 0 Å². The van der Waals surface area contributed by atoms with E-state index in [0.717, 1.165) is 68.5 Å². The van der Waals surface area contributed by atoms with Crippen LogP contribution in [0.4, 0.5) is 14.5 Å². The zero-order valence-corrected chi connectivity index (χ0v) is 22.5. The number of halogens is 2. The third kappa shape index (κ3) is 5.37. The summed E-state index contributed by atoms with van der Waals surface area (Å²) in [6.45, 7) is 1.45. The van der Waals surface area contributed by atoms with E-state index >= 15 is 8.78 Å². The van der Waals surface area contributed by atoms with Gasteiger partial charge in [-0.1, -0.05) is 38.2 Å². The van der Waals surface area contributed by atoms with E-state index in [1.165, 1.54) is 19.3 Å². The van der Waals surface area contributed by atoms with Crippen molar-refractivity contribution in [2.75, 3.05) is 39.3 Å². The van der Waals surface area contributed by atoms with E-state index in [0.29, 0.717) is 11.6 Å². The van der Waals surface area contributed by atoms with Crippen LogP contribution in [0.5, 0.6) is 5.75 Å². The molecule has 6 heteroatoms. The zero-order valence-electron chi connectivity index (χ0n) is 22.5. The monoisotopic (exact) mass is 513 g/mol. The fourth-order valence-electron chi connectivity index (χ4n) is 7.35. The summed E-state index contributed by atoms with van der Waals surface area (Å²) in [6, 6.07) is 9.18. The van der Waals surface area contributed by atoms with Gasteiger partial charge < -0.3 is 19.1 Å². The highest BCUT2D eigenvalue weighted by Crippen LogP contribution is 2.50. The lowest BCUT2D eigenvalue weighted by Gasteiger charge is -2.41. The number of rotatable bonds is 7. The topological polar surface area (TPSA) is 30.9 Å². The average Bonchev–Trinajstić information content (AvgIpc) is 2.94. The molecule has 0 N–H and O–H groups in total. The summed E-state index contributed by atoms with van der Waals surface area (Å²) >= 11 is 0. The molecule has 2 aromatic rings. The fraction of sp³-hybridized carbons (Fsp3) is 0.613. The van der Waals surface area contributed by atoms with Crippen molar-refractivity contribution in [1.29, 1.82) is 0 Å². The Morgan fingerprint density at radius 3 is 2.14 bits per heavy atom. The van der Waals surface area contributed by atoms with Crippen LogP contribution in [0.25, 0.3) is 0 Å². The Hall–Kier alpha value is -2.18. The summed E-state index contributed by atoms with van der Waals surface area (Å²) in [4.78, 5) is 2.09. The van der Waals surface area contributed by atoms with Gasteiger partial charge in [0.1, 0.15) is 17.4 Å². The van der Waals surface area contributed by atoms with E-state index in [1.54, 1.807) is 33.5 Å². The zero-order chi connectivity index (χ0) is 25.9. The van der Waals surface area contributed by atoms with Crippen molar-refractivity contribution in [3.05, 3.63) is 58.7 Å². The first-order valence-corrected chi connectivity index (χ1v) is 14.0. The predicted molar refractivity (Wildman–Crippen MR) is 142 cm³/mol. The number of hydrogen-bond acceptors (Lipinski definition) is 4. The van der Waals surface area contributed by atoms with Gasteiger partial charge in [0.25, 0.3) is 0 Å². The minimum atomic E-state index is -0.418. The molecule has 37 heavy (non-hydrogen) atoms. The van der Waals surface area contributed by atoms with Gasteiger partial charge in [-0.15, -0.1) is 0 Å². The molecule has 5 rings (SSSR count). The van der Waals surface area contributed by atoms with E-state index in [4.69, 9.17) is 14.2 Å². The number of benzene rings is 2. The first kappa shape index (κ1) is 26.4. The molecule has 3 aliphatic rings. The van der Waals surface area contributed by atoms with Crippen LogP contribution in [0.3, 0.4) is 0 Å². The number of anilines is 1. The predicted octanol–water partition coefficient (Wildman–Crippen LogP) is 7.08. The van der Waals surface area contributed by atoms with Crippen LogP contribution in [0.1, 0.15) is 74.0 Å². The van der Waals surface area contributed by atoms with Gasteiger partial charge in [0.2, 0.25) is 0 Å². The number of ether oxygens (including phenoxy) is 3. The maximum Gasteiger partial charge on any atom is 0.159 e. The first-order chi connectivity index (χ1) is 18.0. The number of nitrogens with zero attached hydrogens (tertiary/aromatic N) is 1. The Labute approximate surface area is 220 Å². The third-order valence-electron chi connectivity index (χ3n) is 9.24. The molecule has 1 heterocycles. The molecule has 2 atom stereocenters. The number of fused-ring (bicyclic) bond motifs is 1. The molecular weight excluding hydrogens is 472 g/mol. The standard InChI is InChI=1S/C31H41F2NO3/c1-35-24-10-12-26-22(17-24)9-11-25(20-7-5-4-6-8-20)29(26)30-27(32)18-23(19-28(30)33)34-15-13-21(14-16-34)31(36-2)37-3/h10,12,17-21,25,29,31H,4-9,11,13-16H2,1-3H3/t25-,29+/m0/s1. The Balaban J connectivity index is 1.46. The van der Waals surface area contributed by atoms with Crippen molar-refractivity contribution >= 4 is 5.69 Å². The van der Waals surface area contributed by atoms with E-state index in [9.17, 15) is 0 Å². The molecule has 2 aliphatic carbocycles. The summed E-state index contributed by atoms with van der Waals surface area (Å²) in [6.07, 6.45) is 9.41. The molecule has 1 saturated carbocycles. The van der Waals surface area contributed by atoms with E-state index in [2.05, 4.69) is 11.0 Å². The second kappa shape index (κ2) is 11.7. The van der Waals surface area contributed by atoms with Crippen LogP contribution in [0, 0.1) is 29.4 Å². The van der Waals surface area contributed by atoms with Crippen molar-refractivity contribution in [2.24, 2.45) is 17.8 Å². The van der Waals surface area contributed by atoms with Crippen LogP contribution in [-0.4, -0.2) is 40.7 Å². The lowest BCUT2D eigenvalue weighted by molar-refractivity contribution is -0.141. The van der Waals surface area contributed by atoms with E-state index in [1.807, 2.05) is 12.1 Å². The maximum absolute atomic E-state index is 16.0. The first-order valence-electron chi connectivity index (χ1n) is 14.0. The van der Waals surface area contributed by atoms with Crippen LogP contribution in [0.2, 0.25) is 0 Å². The summed E-state index contributed by atoms with van der Waals surface area (Å²) in [5.41, 5.74) is 3.11. The van der Waals surface area contributed by atoms with Gasteiger partial charge in [-0.25, -0.2) is 8.78 Å². The minimum absolute atomic E-state index is 0.236. The van der Waals surface area contributed by atoms with E-state index in [-0.39, 0.29) is 29.6 Å². The van der Waals surface area contributed by atoms with Crippen LogP contribution >= 0.6 is 0 Å². The largest absolute Gasteiger partial charge is 0.497 e. The van der Waals surface area contributed by atoms with Crippen molar-refractivity contribution in [3.8, 4) is 5.75 Å². The van der Waals surface area contributed by atoms with Crippen LogP contribution in [0.15, 0.2) is 30.3 Å². The smallest absolute Gasteiger partial charge is 0.159 e. The molecule has 0 unspecified atom stereocenters. The molecule has 0 spiro atoms. The molecular formula is C31H41F2NO3. The lowest BCUT2D eigenvalue weighted by atomic mass is 9.64. The molecule has 1 saturated heterocycles.